The molecule has 5 fully saturated rings. The second kappa shape index (κ2) is 14.3. The maximum atomic E-state index is 14.8. The highest BCUT2D eigenvalue weighted by atomic mass is 16.5. The lowest BCUT2D eigenvalue weighted by molar-refractivity contribution is -0.232. The van der Waals surface area contributed by atoms with Crippen LogP contribution in [0.2, 0.25) is 0 Å². The van der Waals surface area contributed by atoms with Crippen molar-refractivity contribution in [3.8, 4) is 0 Å². The number of nitrogens with zero attached hydrogens (tertiary/aromatic N) is 4. The maximum Gasteiger partial charge on any atom is 0.330 e. The Morgan fingerprint density at radius 1 is 1.00 bits per heavy atom. The van der Waals surface area contributed by atoms with Crippen LogP contribution >= 0.6 is 0 Å². The van der Waals surface area contributed by atoms with E-state index in [1.54, 1.807) is 17.8 Å². The standard InChI is InChI=1S/C45H64N6O8/c1-24(2)36-30(54)19-45(39(56)46-20-27-22-51(49-48-27)29-18-35(59-31(29)23-52)50-21-25(3)38(55)47-40(50)57)17-16-43(8)28(37(36)45)10-11-33-42(7)14-13-34(58-26(4)53)41(5,6)32(42)12-15-44(33,43)9/h21-22,24,28-29,31-35,52H,10-20,23H2,1-9H3,(H,46,56)(H,47,55,57)/t28-,29+,31-,32+,33-,34+,35-,42+,43-,44-,45-/m1/s1. The van der Waals surface area contributed by atoms with Gasteiger partial charge >= 0.3 is 11.7 Å². The van der Waals surface area contributed by atoms with Crippen LogP contribution in [0.4, 0.5) is 0 Å². The topological polar surface area (TPSA) is 187 Å². The number of carbonyl (C=O) groups is 3. The SMILES string of the molecule is CC(=O)O[C@H]1CC[C@]2(C)[C@H]3CC[C@@H]4C5=C(C(C)C)C(=O)C[C@]5(C(=O)NCc5cn([C@H]6C[C@H](n7cc(C)c(=O)[nH]c7=O)O[C@@H]6CO)nn5)CC[C@@]4(C)[C@]3(C)CC[C@H]2C1(C)C. The van der Waals surface area contributed by atoms with Gasteiger partial charge in [-0.3, -0.25) is 28.7 Å². The fourth-order valence-corrected chi connectivity index (χ4v) is 14.3. The summed E-state index contributed by atoms with van der Waals surface area (Å²) < 4.78 is 14.9. The Hall–Kier alpha value is -3.91. The Balaban J connectivity index is 1.03. The normalized spacial score (nSPS) is 38.7. The lowest BCUT2D eigenvalue weighted by Gasteiger charge is -2.72. The number of esters is 1. The van der Waals surface area contributed by atoms with Crippen LogP contribution in [0.3, 0.4) is 0 Å². The van der Waals surface area contributed by atoms with Crippen LogP contribution in [-0.4, -0.2) is 66.1 Å². The second-order valence-electron chi connectivity index (χ2n) is 20.7. The van der Waals surface area contributed by atoms with Crippen LogP contribution in [-0.2, 0) is 30.4 Å². The Kier molecular flexibility index (Phi) is 10.2. The summed E-state index contributed by atoms with van der Waals surface area (Å²) in [6, 6.07) is -0.449. The molecule has 3 heterocycles. The first-order chi connectivity index (χ1) is 27.7. The first-order valence-corrected chi connectivity index (χ1v) is 21.9. The van der Waals surface area contributed by atoms with Crippen LogP contribution in [0.5, 0.6) is 0 Å². The molecule has 11 atom stereocenters. The summed E-state index contributed by atoms with van der Waals surface area (Å²) in [7, 11) is 0. The van der Waals surface area contributed by atoms with Crippen molar-refractivity contribution in [2.24, 2.45) is 50.7 Å². The Labute approximate surface area is 346 Å². The molecule has 0 aromatic carbocycles. The van der Waals surface area contributed by atoms with E-state index in [0.717, 1.165) is 56.1 Å². The molecule has 0 spiro atoms. The average molecular weight is 817 g/mol. The third-order valence-electron chi connectivity index (χ3n) is 17.3. The van der Waals surface area contributed by atoms with Crippen molar-refractivity contribution in [3.63, 3.8) is 0 Å². The number of allylic oxidation sites excluding steroid dienone is 1. The number of aromatic nitrogens is 5. The zero-order valence-corrected chi connectivity index (χ0v) is 36.4. The maximum absolute atomic E-state index is 14.8. The molecule has 3 N–H and O–H groups in total. The third kappa shape index (κ3) is 6.18. The first-order valence-electron chi connectivity index (χ1n) is 21.9. The Morgan fingerprint density at radius 2 is 1.75 bits per heavy atom. The number of hydrogen-bond acceptors (Lipinski definition) is 10. The van der Waals surface area contributed by atoms with Gasteiger partial charge in [0.1, 0.15) is 24.1 Å². The minimum Gasteiger partial charge on any atom is -0.462 e. The van der Waals surface area contributed by atoms with Crippen LogP contribution in [0.15, 0.2) is 33.1 Å². The number of nitrogens with one attached hydrogen (secondary N) is 2. The van der Waals surface area contributed by atoms with Crippen molar-refractivity contribution in [1.82, 2.24) is 29.9 Å². The number of aromatic amines is 1. The fraction of sp³-hybridized carbons (Fsp3) is 0.756. The third-order valence-corrected chi connectivity index (χ3v) is 17.3. The van der Waals surface area contributed by atoms with Crippen molar-refractivity contribution in [2.45, 2.75) is 158 Å². The second-order valence-corrected chi connectivity index (χ2v) is 20.7. The summed E-state index contributed by atoms with van der Waals surface area (Å²) in [4.78, 5) is 67.9. The zero-order valence-electron chi connectivity index (χ0n) is 36.4. The van der Waals surface area contributed by atoms with Crippen molar-refractivity contribution in [2.75, 3.05) is 6.61 Å². The summed E-state index contributed by atoms with van der Waals surface area (Å²) in [5, 5.41) is 22.1. The van der Waals surface area contributed by atoms with Gasteiger partial charge < -0.3 is 19.9 Å². The van der Waals surface area contributed by atoms with Gasteiger partial charge in [-0.25, -0.2) is 9.48 Å². The number of aryl methyl sites for hydroxylation is 1. The van der Waals surface area contributed by atoms with Crippen LogP contribution in [0.25, 0.3) is 0 Å². The van der Waals surface area contributed by atoms with Gasteiger partial charge in [0.25, 0.3) is 5.56 Å². The number of hydrogen-bond donors (Lipinski definition) is 3. The van der Waals surface area contributed by atoms with Crippen LogP contribution < -0.4 is 16.6 Å². The molecule has 1 amide bonds. The smallest absolute Gasteiger partial charge is 0.330 e. The fourth-order valence-electron chi connectivity index (χ4n) is 14.3. The highest BCUT2D eigenvalue weighted by Gasteiger charge is 2.71. The molecule has 1 saturated heterocycles. The van der Waals surface area contributed by atoms with Gasteiger partial charge in [-0.15, -0.1) is 5.10 Å². The largest absolute Gasteiger partial charge is 0.462 e. The molecule has 4 saturated carbocycles. The monoisotopic (exact) mass is 816 g/mol. The summed E-state index contributed by atoms with van der Waals surface area (Å²) >= 11 is 0. The van der Waals surface area contributed by atoms with Gasteiger partial charge in [-0.05, 0) is 109 Å². The van der Waals surface area contributed by atoms with E-state index >= 15 is 0 Å². The summed E-state index contributed by atoms with van der Waals surface area (Å²) in [6.45, 7) is 19.2. The number of rotatable bonds is 8. The minimum atomic E-state index is -0.915. The molecule has 0 radical (unpaired) electrons. The molecule has 8 rings (SSSR count). The van der Waals surface area contributed by atoms with Crippen molar-refractivity contribution in [3.05, 3.63) is 55.6 Å². The number of amides is 1. The number of Topliss-reactive ketones (excluding diaryl/α,β-unsaturated/α-hetero) is 1. The van der Waals surface area contributed by atoms with Crippen LogP contribution in [0.1, 0.15) is 143 Å². The highest BCUT2D eigenvalue weighted by molar-refractivity contribution is 6.06. The first kappa shape index (κ1) is 41.8. The molecule has 5 aliphatic carbocycles. The molecule has 1 aliphatic heterocycles. The average Bonchev–Trinajstić information content (AvgIpc) is 3.89. The molecule has 59 heavy (non-hydrogen) atoms. The van der Waals surface area contributed by atoms with Crippen molar-refractivity contribution < 1.29 is 29.0 Å². The number of ketones is 1. The van der Waals surface area contributed by atoms with Gasteiger partial charge in [0.15, 0.2) is 5.78 Å². The quantitative estimate of drug-likeness (QED) is 0.288. The molecule has 0 unspecified atom stereocenters. The molecule has 14 nitrogen and oxygen atoms in total. The van der Waals surface area contributed by atoms with Gasteiger partial charge in [-0.2, -0.15) is 0 Å². The van der Waals surface area contributed by atoms with E-state index in [1.807, 2.05) is 0 Å². The van der Waals surface area contributed by atoms with E-state index in [-0.39, 0.29) is 76.8 Å². The van der Waals surface area contributed by atoms with Crippen molar-refractivity contribution in [1.29, 1.82) is 0 Å². The van der Waals surface area contributed by atoms with E-state index in [4.69, 9.17) is 9.47 Å². The minimum absolute atomic E-state index is 0.00149. The lowest BCUT2D eigenvalue weighted by atomic mass is 9.33. The van der Waals surface area contributed by atoms with E-state index in [9.17, 15) is 29.1 Å². The van der Waals surface area contributed by atoms with Crippen LogP contribution in [0, 0.1) is 57.7 Å². The summed E-state index contributed by atoms with van der Waals surface area (Å²) in [6.07, 6.45) is 9.67. The zero-order chi connectivity index (χ0) is 42.6. The lowest BCUT2D eigenvalue weighted by Crippen LogP contribution is -2.66. The van der Waals surface area contributed by atoms with E-state index in [0.29, 0.717) is 35.9 Å². The molecule has 0 bridgehead atoms. The number of ether oxygens (including phenoxy) is 2. The highest BCUT2D eigenvalue weighted by Crippen LogP contribution is 2.76. The number of aliphatic hydroxyl groups is 1. The van der Waals surface area contributed by atoms with Gasteiger partial charge in [0.05, 0.1) is 30.8 Å². The summed E-state index contributed by atoms with van der Waals surface area (Å²) in [5.74, 6) is 0.776. The predicted octanol–water partition coefficient (Wildman–Crippen LogP) is 5.49. The molecule has 322 valence electrons. The molecule has 2 aromatic heterocycles. The predicted molar refractivity (Wildman–Crippen MR) is 218 cm³/mol. The van der Waals surface area contributed by atoms with E-state index < -0.39 is 35.0 Å². The molecule has 14 heteroatoms. The molecule has 2 aromatic rings. The number of fused-ring (bicyclic) bond motifs is 7. The van der Waals surface area contributed by atoms with Gasteiger partial charge in [0, 0.05) is 36.9 Å². The molecular formula is C45H64N6O8. The van der Waals surface area contributed by atoms with Gasteiger partial charge in [-0.1, -0.05) is 53.7 Å². The number of carbonyl (C=O) groups excluding carboxylic acids is 3. The van der Waals surface area contributed by atoms with E-state index in [1.165, 1.54) is 17.7 Å². The van der Waals surface area contributed by atoms with Gasteiger partial charge in [0.2, 0.25) is 5.91 Å². The molecular weight excluding hydrogens is 753 g/mol. The Morgan fingerprint density at radius 3 is 2.44 bits per heavy atom. The Bertz CT molecular complexity index is 2200. The number of aliphatic hydroxyl groups excluding tert-OH is 1. The van der Waals surface area contributed by atoms with E-state index in [2.05, 4.69) is 69.1 Å². The number of H-pyrrole nitrogens is 1. The summed E-state index contributed by atoms with van der Waals surface area (Å²) in [5.41, 5.74) is 0.722. The molecule has 6 aliphatic rings. The van der Waals surface area contributed by atoms with Crippen molar-refractivity contribution >= 4 is 17.7 Å².